The van der Waals surface area contributed by atoms with Gasteiger partial charge in [-0.15, -0.1) is 0 Å². The zero-order chi connectivity index (χ0) is 21.8. The fraction of sp³-hybridized carbons (Fsp3) is 0.0800. The van der Waals surface area contributed by atoms with Crippen molar-refractivity contribution < 1.29 is 13.2 Å². The van der Waals surface area contributed by atoms with Crippen LogP contribution in [0.4, 0.5) is 11.4 Å². The molecule has 0 unspecified atom stereocenters. The highest BCUT2D eigenvalue weighted by Crippen LogP contribution is 2.33. The molecule has 0 aliphatic heterocycles. The van der Waals surface area contributed by atoms with Crippen molar-refractivity contribution in [2.24, 2.45) is 0 Å². The molecule has 5 nitrogen and oxygen atoms in total. The number of para-hydroxylation sites is 1. The lowest BCUT2D eigenvalue weighted by Gasteiger charge is -2.24. The van der Waals surface area contributed by atoms with Gasteiger partial charge in [-0.2, -0.15) is 0 Å². The molecule has 0 aliphatic carbocycles. The zero-order valence-corrected chi connectivity index (χ0v) is 17.8. The molecule has 4 aromatic rings. The van der Waals surface area contributed by atoms with Crippen LogP contribution in [-0.2, 0) is 10.0 Å². The minimum Gasteiger partial charge on any atom is -0.321 e. The Morgan fingerprint density at radius 3 is 2.00 bits per heavy atom. The van der Waals surface area contributed by atoms with Gasteiger partial charge in [0.15, 0.2) is 0 Å². The summed E-state index contributed by atoms with van der Waals surface area (Å²) in [5.41, 5.74) is 1.70. The van der Waals surface area contributed by atoms with Crippen molar-refractivity contribution in [1.82, 2.24) is 0 Å². The minimum atomic E-state index is -3.81. The molecular weight excluding hydrogens is 408 g/mol. The standard InChI is InChI=1S/C25H22N2O3S/c1-2-27(20-13-7-4-8-14-20)31(29,30)24-18-17-23(21-15-9-10-16-22(21)24)26-25(28)19-11-5-3-6-12-19/h3-18H,2H2,1H3,(H,26,28). The van der Waals surface area contributed by atoms with Crippen LogP contribution in [0.3, 0.4) is 0 Å². The van der Waals surface area contributed by atoms with Crippen LogP contribution in [-0.4, -0.2) is 20.9 Å². The highest BCUT2D eigenvalue weighted by molar-refractivity contribution is 7.93. The molecule has 4 aromatic carbocycles. The van der Waals surface area contributed by atoms with Gasteiger partial charge in [0.2, 0.25) is 0 Å². The molecule has 156 valence electrons. The summed E-state index contributed by atoms with van der Waals surface area (Å²) in [5, 5.41) is 4.13. The maximum atomic E-state index is 13.6. The van der Waals surface area contributed by atoms with Crippen molar-refractivity contribution in [2.75, 3.05) is 16.2 Å². The predicted octanol–water partition coefficient (Wildman–Crippen LogP) is 5.31. The number of hydrogen-bond donors (Lipinski definition) is 1. The molecule has 0 saturated heterocycles. The third kappa shape index (κ3) is 4.02. The largest absolute Gasteiger partial charge is 0.321 e. The first-order valence-electron chi connectivity index (χ1n) is 9.98. The Morgan fingerprint density at radius 2 is 1.35 bits per heavy atom. The van der Waals surface area contributed by atoms with E-state index < -0.39 is 10.0 Å². The first kappa shape index (κ1) is 20.6. The summed E-state index contributed by atoms with van der Waals surface area (Å²) in [4.78, 5) is 12.8. The molecule has 4 rings (SSSR count). The van der Waals surface area contributed by atoms with E-state index >= 15 is 0 Å². The third-order valence-corrected chi connectivity index (χ3v) is 7.03. The second-order valence-electron chi connectivity index (χ2n) is 6.98. The van der Waals surface area contributed by atoms with E-state index in [1.165, 1.54) is 4.31 Å². The number of hydrogen-bond acceptors (Lipinski definition) is 3. The summed E-state index contributed by atoms with van der Waals surface area (Å²) in [6, 6.07) is 28.3. The summed E-state index contributed by atoms with van der Waals surface area (Å²) in [6.07, 6.45) is 0. The van der Waals surface area contributed by atoms with Gasteiger partial charge in [0, 0.05) is 28.6 Å². The van der Waals surface area contributed by atoms with E-state index in [1.54, 1.807) is 67.6 Å². The monoisotopic (exact) mass is 430 g/mol. The maximum Gasteiger partial charge on any atom is 0.264 e. The molecule has 0 fully saturated rings. The Balaban J connectivity index is 1.79. The number of sulfonamides is 1. The lowest BCUT2D eigenvalue weighted by Crippen LogP contribution is -2.30. The first-order valence-corrected chi connectivity index (χ1v) is 11.4. The molecular formula is C25H22N2O3S. The Labute approximate surface area is 182 Å². The number of carbonyl (C=O) groups excluding carboxylic acids is 1. The van der Waals surface area contributed by atoms with Gasteiger partial charge >= 0.3 is 0 Å². The van der Waals surface area contributed by atoms with E-state index in [4.69, 9.17) is 0 Å². The van der Waals surface area contributed by atoms with Crippen LogP contribution in [0, 0.1) is 0 Å². The SMILES string of the molecule is CCN(c1ccccc1)S(=O)(=O)c1ccc(NC(=O)c2ccccc2)c2ccccc12. The fourth-order valence-corrected chi connectivity index (χ4v) is 5.27. The molecule has 31 heavy (non-hydrogen) atoms. The van der Waals surface area contributed by atoms with Gasteiger partial charge in [-0.3, -0.25) is 9.10 Å². The molecule has 0 saturated carbocycles. The summed E-state index contributed by atoms with van der Waals surface area (Å²) in [6.45, 7) is 2.11. The lowest BCUT2D eigenvalue weighted by molar-refractivity contribution is 0.102. The molecule has 0 bridgehead atoms. The van der Waals surface area contributed by atoms with Crippen molar-refractivity contribution >= 4 is 38.1 Å². The topological polar surface area (TPSA) is 66.5 Å². The molecule has 0 heterocycles. The van der Waals surface area contributed by atoms with Crippen LogP contribution in [0.2, 0.25) is 0 Å². The number of fused-ring (bicyclic) bond motifs is 1. The van der Waals surface area contributed by atoms with Crippen LogP contribution in [0.15, 0.2) is 102 Å². The summed E-state index contributed by atoms with van der Waals surface area (Å²) < 4.78 is 28.5. The minimum absolute atomic E-state index is 0.200. The highest BCUT2D eigenvalue weighted by atomic mass is 32.2. The molecule has 0 spiro atoms. The van der Waals surface area contributed by atoms with Crippen LogP contribution in [0.25, 0.3) is 10.8 Å². The van der Waals surface area contributed by atoms with Gasteiger partial charge < -0.3 is 5.32 Å². The molecule has 6 heteroatoms. The number of carbonyl (C=O) groups is 1. The number of rotatable bonds is 6. The van der Waals surface area contributed by atoms with E-state index in [2.05, 4.69) is 5.32 Å². The highest BCUT2D eigenvalue weighted by Gasteiger charge is 2.26. The van der Waals surface area contributed by atoms with Crippen molar-refractivity contribution in [3.05, 3.63) is 103 Å². The average molecular weight is 431 g/mol. The Morgan fingerprint density at radius 1 is 0.774 bits per heavy atom. The third-order valence-electron chi connectivity index (χ3n) is 5.07. The maximum absolute atomic E-state index is 13.6. The zero-order valence-electron chi connectivity index (χ0n) is 17.0. The Kier molecular flexibility index (Phi) is 5.73. The van der Waals surface area contributed by atoms with Crippen molar-refractivity contribution in [3.8, 4) is 0 Å². The van der Waals surface area contributed by atoms with Gasteiger partial charge in [-0.25, -0.2) is 8.42 Å². The van der Waals surface area contributed by atoms with E-state index in [0.717, 1.165) is 0 Å². The van der Waals surface area contributed by atoms with Crippen LogP contribution >= 0.6 is 0 Å². The number of anilines is 2. The quantitative estimate of drug-likeness (QED) is 0.451. The van der Waals surface area contributed by atoms with Gasteiger partial charge in [-0.1, -0.05) is 60.7 Å². The smallest absolute Gasteiger partial charge is 0.264 e. The van der Waals surface area contributed by atoms with Crippen molar-refractivity contribution in [1.29, 1.82) is 0 Å². The van der Waals surface area contributed by atoms with Crippen LogP contribution < -0.4 is 9.62 Å². The summed E-state index contributed by atoms with van der Waals surface area (Å²) in [5.74, 6) is -0.249. The first-order chi connectivity index (χ1) is 15.0. The van der Waals surface area contributed by atoms with Crippen molar-refractivity contribution in [3.63, 3.8) is 0 Å². The van der Waals surface area contributed by atoms with E-state index in [0.29, 0.717) is 34.3 Å². The van der Waals surface area contributed by atoms with Gasteiger partial charge in [0.1, 0.15) is 0 Å². The van der Waals surface area contributed by atoms with Crippen LogP contribution in [0.1, 0.15) is 17.3 Å². The van der Waals surface area contributed by atoms with E-state index in [9.17, 15) is 13.2 Å². The summed E-state index contributed by atoms with van der Waals surface area (Å²) >= 11 is 0. The average Bonchev–Trinajstić information content (AvgIpc) is 2.80. The number of amides is 1. The fourth-order valence-electron chi connectivity index (χ4n) is 3.59. The molecule has 0 aliphatic rings. The second kappa shape index (κ2) is 8.62. The molecule has 1 N–H and O–H groups in total. The van der Waals surface area contributed by atoms with Crippen molar-refractivity contribution in [2.45, 2.75) is 11.8 Å². The lowest BCUT2D eigenvalue weighted by atomic mass is 10.1. The van der Waals surface area contributed by atoms with Gasteiger partial charge in [0.25, 0.3) is 15.9 Å². The number of nitrogens with zero attached hydrogens (tertiary/aromatic N) is 1. The molecule has 0 radical (unpaired) electrons. The molecule has 1 amide bonds. The molecule has 0 atom stereocenters. The Bertz CT molecular complexity index is 1320. The normalized spacial score (nSPS) is 11.3. The summed E-state index contributed by atoms with van der Waals surface area (Å²) in [7, 11) is -3.81. The molecule has 0 aromatic heterocycles. The van der Waals surface area contributed by atoms with Gasteiger partial charge in [0.05, 0.1) is 10.6 Å². The van der Waals surface area contributed by atoms with Gasteiger partial charge in [-0.05, 0) is 43.3 Å². The second-order valence-corrected chi connectivity index (χ2v) is 8.81. The predicted molar refractivity (Wildman–Crippen MR) is 125 cm³/mol. The van der Waals surface area contributed by atoms with E-state index in [1.807, 2.05) is 36.4 Å². The Hall–Kier alpha value is -3.64. The number of benzene rings is 4. The van der Waals surface area contributed by atoms with E-state index in [-0.39, 0.29) is 10.8 Å². The number of nitrogens with one attached hydrogen (secondary N) is 1. The van der Waals surface area contributed by atoms with Crippen LogP contribution in [0.5, 0.6) is 0 Å².